The van der Waals surface area contributed by atoms with Crippen LogP contribution < -0.4 is 25.4 Å². The molecule has 5 aromatic carbocycles. The van der Waals surface area contributed by atoms with Crippen LogP contribution in [-0.2, 0) is 22.7 Å². The lowest BCUT2D eigenvalue weighted by Gasteiger charge is -2.24. The Balaban J connectivity index is 1.35. The van der Waals surface area contributed by atoms with Gasteiger partial charge in [-0.2, -0.15) is 0 Å². The molecular formula is C34H31O4P. The van der Waals surface area contributed by atoms with E-state index in [4.69, 9.17) is 18.9 Å². The summed E-state index contributed by atoms with van der Waals surface area (Å²) in [6, 6.07) is 47.1. The van der Waals surface area contributed by atoms with Crippen molar-refractivity contribution in [3.63, 3.8) is 0 Å². The minimum atomic E-state index is -0.978. The van der Waals surface area contributed by atoms with Crippen LogP contribution in [0.25, 0.3) is 0 Å². The summed E-state index contributed by atoms with van der Waals surface area (Å²) in [5.74, 6) is 1.60. The zero-order valence-corrected chi connectivity index (χ0v) is 22.6. The van der Waals surface area contributed by atoms with E-state index in [0.29, 0.717) is 13.2 Å². The highest BCUT2D eigenvalue weighted by atomic mass is 31.1. The highest BCUT2D eigenvalue weighted by Crippen LogP contribution is 2.39. The Morgan fingerprint density at radius 2 is 0.795 bits per heavy atom. The second-order valence-electron chi connectivity index (χ2n) is 8.80. The summed E-state index contributed by atoms with van der Waals surface area (Å²) in [6.45, 7) is 1.32. The van der Waals surface area contributed by atoms with E-state index in [0.717, 1.165) is 33.2 Å². The van der Waals surface area contributed by atoms with E-state index in [2.05, 4.69) is 48.5 Å². The molecule has 0 aromatic heterocycles. The number of rotatable bonds is 13. The van der Waals surface area contributed by atoms with E-state index >= 15 is 0 Å². The van der Waals surface area contributed by atoms with Gasteiger partial charge in [-0.1, -0.05) is 127 Å². The van der Waals surface area contributed by atoms with Crippen molar-refractivity contribution >= 4 is 23.8 Å². The third-order valence-electron chi connectivity index (χ3n) is 6.05. The molecule has 0 atom stereocenters. The van der Waals surface area contributed by atoms with Crippen LogP contribution in [0.3, 0.4) is 0 Å². The quantitative estimate of drug-likeness (QED) is 0.0975. The Bertz CT molecular complexity index is 1320. The molecule has 0 fully saturated rings. The van der Waals surface area contributed by atoms with Crippen LogP contribution in [0.1, 0.15) is 11.1 Å². The first kappa shape index (κ1) is 26.6. The predicted molar refractivity (Wildman–Crippen MR) is 159 cm³/mol. The standard InChI is InChI=1S/C34H31O4P/c1-4-14-28(15-5-1)24-35-26-37-31-20-10-12-22-33(31)39(30-18-8-3-9-19-30)34-23-13-11-21-32(34)38-27-36-25-29-16-6-2-7-17-29/h1-23H,24-27H2. The van der Waals surface area contributed by atoms with E-state index in [1.54, 1.807) is 0 Å². The molecule has 39 heavy (non-hydrogen) atoms. The van der Waals surface area contributed by atoms with Gasteiger partial charge in [0.05, 0.1) is 13.2 Å². The molecule has 0 heterocycles. The minimum Gasteiger partial charge on any atom is -0.467 e. The largest absolute Gasteiger partial charge is 0.467 e. The van der Waals surface area contributed by atoms with Crippen molar-refractivity contribution in [3.8, 4) is 11.5 Å². The predicted octanol–water partition coefficient (Wildman–Crippen LogP) is 6.55. The maximum Gasteiger partial charge on any atom is 0.189 e. The zero-order chi connectivity index (χ0) is 26.5. The molecular weight excluding hydrogens is 503 g/mol. The number of hydrogen-bond acceptors (Lipinski definition) is 4. The van der Waals surface area contributed by atoms with E-state index in [9.17, 15) is 0 Å². The van der Waals surface area contributed by atoms with Crippen LogP contribution in [0.15, 0.2) is 140 Å². The summed E-state index contributed by atoms with van der Waals surface area (Å²) in [5, 5.41) is 3.40. The second kappa shape index (κ2) is 14.3. The maximum atomic E-state index is 6.20. The van der Waals surface area contributed by atoms with Gasteiger partial charge in [0.15, 0.2) is 13.6 Å². The monoisotopic (exact) mass is 534 g/mol. The van der Waals surface area contributed by atoms with Gasteiger partial charge in [0, 0.05) is 10.6 Å². The molecule has 0 unspecified atom stereocenters. The van der Waals surface area contributed by atoms with Crippen molar-refractivity contribution in [2.24, 2.45) is 0 Å². The molecule has 0 aliphatic heterocycles. The summed E-state index contributed by atoms with van der Waals surface area (Å²) in [5.41, 5.74) is 2.22. The van der Waals surface area contributed by atoms with Crippen LogP contribution >= 0.6 is 7.92 Å². The summed E-state index contributed by atoms with van der Waals surface area (Å²) >= 11 is 0. The molecule has 5 rings (SSSR count). The molecule has 4 nitrogen and oxygen atoms in total. The fourth-order valence-electron chi connectivity index (χ4n) is 4.19. The molecule has 0 N–H and O–H groups in total. The smallest absolute Gasteiger partial charge is 0.189 e. The van der Waals surface area contributed by atoms with Gasteiger partial charge in [-0.15, -0.1) is 0 Å². The van der Waals surface area contributed by atoms with E-state index in [-0.39, 0.29) is 13.6 Å². The van der Waals surface area contributed by atoms with Crippen LogP contribution in [0, 0.1) is 0 Å². The topological polar surface area (TPSA) is 36.9 Å². The van der Waals surface area contributed by atoms with Crippen molar-refractivity contribution in [1.82, 2.24) is 0 Å². The molecule has 0 amide bonds. The molecule has 0 saturated carbocycles. The van der Waals surface area contributed by atoms with E-state index in [1.807, 2.05) is 91.0 Å². The van der Waals surface area contributed by atoms with Gasteiger partial charge in [0.25, 0.3) is 0 Å². The number of hydrogen-bond donors (Lipinski definition) is 0. The Kier molecular flexibility index (Phi) is 9.75. The number of benzene rings is 5. The fourth-order valence-corrected chi connectivity index (χ4v) is 6.67. The minimum absolute atomic E-state index is 0.162. The molecule has 0 radical (unpaired) electrons. The molecule has 0 aliphatic carbocycles. The summed E-state index contributed by atoms with van der Waals surface area (Å²) < 4.78 is 24.1. The normalized spacial score (nSPS) is 10.9. The van der Waals surface area contributed by atoms with Gasteiger partial charge in [0.2, 0.25) is 0 Å². The van der Waals surface area contributed by atoms with Gasteiger partial charge in [-0.05, 0) is 36.5 Å². The molecule has 5 aromatic rings. The number of para-hydroxylation sites is 2. The van der Waals surface area contributed by atoms with Crippen LogP contribution in [0.2, 0.25) is 0 Å². The average molecular weight is 535 g/mol. The van der Waals surface area contributed by atoms with Crippen molar-refractivity contribution < 1.29 is 18.9 Å². The Morgan fingerprint density at radius 1 is 0.410 bits per heavy atom. The van der Waals surface area contributed by atoms with Gasteiger partial charge in [0.1, 0.15) is 11.5 Å². The third kappa shape index (κ3) is 7.55. The van der Waals surface area contributed by atoms with Crippen LogP contribution in [0.5, 0.6) is 11.5 Å². The Hall–Kier alpha value is -3.95. The average Bonchev–Trinajstić information content (AvgIpc) is 3.01. The summed E-state index contributed by atoms with van der Waals surface area (Å²) in [7, 11) is -0.978. The first-order chi connectivity index (χ1) is 19.4. The van der Waals surface area contributed by atoms with Gasteiger partial charge < -0.3 is 18.9 Å². The fraction of sp³-hybridized carbons (Fsp3) is 0.118. The lowest BCUT2D eigenvalue weighted by molar-refractivity contribution is 0.00562. The number of ether oxygens (including phenoxy) is 4. The van der Waals surface area contributed by atoms with Crippen LogP contribution in [-0.4, -0.2) is 13.6 Å². The molecule has 0 aliphatic rings. The third-order valence-corrected chi connectivity index (χ3v) is 8.56. The second-order valence-corrected chi connectivity index (χ2v) is 10.9. The van der Waals surface area contributed by atoms with Gasteiger partial charge in [-0.3, -0.25) is 0 Å². The molecule has 196 valence electrons. The van der Waals surface area contributed by atoms with Crippen LogP contribution in [0.4, 0.5) is 0 Å². The molecule has 0 saturated heterocycles. The lowest BCUT2D eigenvalue weighted by atomic mass is 10.2. The summed E-state index contributed by atoms with van der Waals surface area (Å²) in [4.78, 5) is 0. The highest BCUT2D eigenvalue weighted by molar-refractivity contribution is 7.80. The maximum absolute atomic E-state index is 6.20. The Morgan fingerprint density at radius 3 is 1.26 bits per heavy atom. The van der Waals surface area contributed by atoms with Crippen molar-refractivity contribution in [1.29, 1.82) is 0 Å². The molecule has 5 heteroatoms. The summed E-state index contributed by atoms with van der Waals surface area (Å²) in [6.07, 6.45) is 0. The van der Waals surface area contributed by atoms with E-state index < -0.39 is 7.92 Å². The van der Waals surface area contributed by atoms with Crippen molar-refractivity contribution in [2.45, 2.75) is 13.2 Å². The van der Waals surface area contributed by atoms with Crippen molar-refractivity contribution in [3.05, 3.63) is 151 Å². The van der Waals surface area contributed by atoms with Crippen molar-refractivity contribution in [2.75, 3.05) is 13.6 Å². The first-order valence-electron chi connectivity index (χ1n) is 12.9. The Labute approximate surface area is 231 Å². The lowest BCUT2D eigenvalue weighted by Crippen LogP contribution is -2.24. The molecule has 0 spiro atoms. The SMILES string of the molecule is c1ccc(COCOc2ccccc2P(c2ccccc2)c2ccccc2OCOCc2ccccc2)cc1. The van der Waals surface area contributed by atoms with Gasteiger partial charge >= 0.3 is 0 Å². The first-order valence-corrected chi connectivity index (χ1v) is 14.2. The highest BCUT2D eigenvalue weighted by Gasteiger charge is 2.23. The van der Waals surface area contributed by atoms with Gasteiger partial charge in [-0.25, -0.2) is 0 Å². The zero-order valence-electron chi connectivity index (χ0n) is 21.7. The molecule has 0 bridgehead atoms. The van der Waals surface area contributed by atoms with E-state index in [1.165, 1.54) is 5.30 Å².